The molecule has 3 rings (SSSR count). The first-order valence-corrected chi connectivity index (χ1v) is 7.43. The standard InChI is InChI=1S/C19H13ClO3/c1-11-16(18(21)12-7-9-13(20)10-8-12)14-5-3-2-4-6-15(14)17(11)19(22)23/h2-10H,1H3,(H,22,23). The van der Waals surface area contributed by atoms with E-state index in [1.807, 2.05) is 0 Å². The fraction of sp³-hybridized carbons (Fsp3) is 0.0526. The molecule has 0 atom stereocenters. The smallest absolute Gasteiger partial charge is 0.336 e. The van der Waals surface area contributed by atoms with Gasteiger partial charge in [0.05, 0.1) is 5.56 Å². The summed E-state index contributed by atoms with van der Waals surface area (Å²) >= 11 is 5.86. The number of benzene rings is 1. The van der Waals surface area contributed by atoms with Crippen molar-refractivity contribution in [2.75, 3.05) is 0 Å². The summed E-state index contributed by atoms with van der Waals surface area (Å²) in [6.45, 7) is 1.67. The molecule has 1 aromatic carbocycles. The lowest BCUT2D eigenvalue weighted by Gasteiger charge is -2.03. The van der Waals surface area contributed by atoms with Crippen LogP contribution in [0.4, 0.5) is 0 Å². The van der Waals surface area contributed by atoms with E-state index in [0.29, 0.717) is 32.8 Å². The van der Waals surface area contributed by atoms with Crippen LogP contribution in [-0.2, 0) is 0 Å². The van der Waals surface area contributed by atoms with Crippen molar-refractivity contribution >= 4 is 23.4 Å². The average Bonchev–Trinajstić information content (AvgIpc) is 2.65. The summed E-state index contributed by atoms with van der Waals surface area (Å²) in [4.78, 5) is 24.5. The van der Waals surface area contributed by atoms with E-state index in [0.717, 1.165) is 0 Å². The van der Waals surface area contributed by atoms with E-state index in [-0.39, 0.29) is 11.3 Å². The highest BCUT2D eigenvalue weighted by molar-refractivity contribution is 6.30. The maximum Gasteiger partial charge on any atom is 0.336 e. The highest BCUT2D eigenvalue weighted by Gasteiger charge is 2.28. The van der Waals surface area contributed by atoms with Gasteiger partial charge in [-0.1, -0.05) is 41.9 Å². The molecule has 0 spiro atoms. The number of halogens is 1. The van der Waals surface area contributed by atoms with Gasteiger partial charge in [-0.3, -0.25) is 4.79 Å². The fourth-order valence-electron chi connectivity index (χ4n) is 2.83. The van der Waals surface area contributed by atoms with Gasteiger partial charge < -0.3 is 5.11 Å². The normalized spacial score (nSPS) is 10.7. The molecule has 4 heteroatoms. The van der Waals surface area contributed by atoms with Crippen LogP contribution in [0.15, 0.2) is 54.6 Å². The van der Waals surface area contributed by atoms with Crippen LogP contribution in [0, 0.1) is 6.92 Å². The Kier molecular flexibility index (Phi) is 3.89. The van der Waals surface area contributed by atoms with Gasteiger partial charge in [-0.25, -0.2) is 4.79 Å². The SMILES string of the molecule is Cc1c(C(=O)O)c2cccccc-2c1C(=O)c1ccc(Cl)cc1. The van der Waals surface area contributed by atoms with Gasteiger partial charge >= 0.3 is 5.97 Å². The summed E-state index contributed by atoms with van der Waals surface area (Å²) in [6, 6.07) is 15.5. The monoisotopic (exact) mass is 324 g/mol. The molecule has 0 heterocycles. The summed E-state index contributed by atoms with van der Waals surface area (Å²) in [5, 5.41) is 10.1. The molecular formula is C19H13ClO3. The molecule has 23 heavy (non-hydrogen) atoms. The lowest BCUT2D eigenvalue weighted by Crippen LogP contribution is -2.03. The quantitative estimate of drug-likeness (QED) is 0.711. The molecule has 1 N–H and O–H groups in total. The van der Waals surface area contributed by atoms with Crippen LogP contribution in [0.1, 0.15) is 31.8 Å². The van der Waals surface area contributed by atoms with Gasteiger partial charge in [0.15, 0.2) is 5.78 Å². The average molecular weight is 325 g/mol. The van der Waals surface area contributed by atoms with Crippen LogP contribution in [0.25, 0.3) is 11.1 Å². The van der Waals surface area contributed by atoms with Gasteiger partial charge in [0.1, 0.15) is 0 Å². The predicted octanol–water partition coefficient (Wildman–Crippen LogP) is 4.68. The lowest BCUT2D eigenvalue weighted by atomic mass is 9.99. The van der Waals surface area contributed by atoms with E-state index in [4.69, 9.17) is 11.6 Å². The van der Waals surface area contributed by atoms with E-state index < -0.39 is 5.97 Å². The van der Waals surface area contributed by atoms with Gasteiger partial charge in [-0.05, 0) is 47.9 Å². The predicted molar refractivity (Wildman–Crippen MR) is 89.6 cm³/mol. The zero-order valence-corrected chi connectivity index (χ0v) is 13.1. The van der Waals surface area contributed by atoms with Crippen LogP contribution in [0.3, 0.4) is 0 Å². The largest absolute Gasteiger partial charge is 0.478 e. The number of carboxylic acid groups (broad SMARTS) is 1. The number of carbonyl (C=O) groups excluding carboxylic acids is 1. The summed E-state index contributed by atoms with van der Waals surface area (Å²) in [5.74, 6) is -1.24. The minimum Gasteiger partial charge on any atom is -0.478 e. The molecule has 1 aromatic rings. The number of carboxylic acids is 1. The number of hydrogen-bond acceptors (Lipinski definition) is 2. The van der Waals surface area contributed by atoms with Gasteiger partial charge in [0.2, 0.25) is 0 Å². The van der Waals surface area contributed by atoms with E-state index in [9.17, 15) is 14.7 Å². The molecule has 0 bridgehead atoms. The zero-order chi connectivity index (χ0) is 16.6. The first-order chi connectivity index (χ1) is 11.0. The Labute approximate surface area is 138 Å². The summed E-state index contributed by atoms with van der Waals surface area (Å²) in [7, 11) is 0. The van der Waals surface area contributed by atoms with Crippen molar-refractivity contribution in [3.8, 4) is 11.1 Å². The van der Waals surface area contributed by atoms with Crippen molar-refractivity contribution < 1.29 is 14.7 Å². The second kappa shape index (κ2) is 5.86. The van der Waals surface area contributed by atoms with Crippen LogP contribution in [-0.4, -0.2) is 16.9 Å². The highest BCUT2D eigenvalue weighted by Crippen LogP contribution is 2.37. The molecule has 3 nitrogen and oxygen atoms in total. The second-order valence-corrected chi connectivity index (χ2v) is 5.69. The van der Waals surface area contributed by atoms with Crippen molar-refractivity contribution in [3.63, 3.8) is 0 Å². The number of carbonyl (C=O) groups is 2. The van der Waals surface area contributed by atoms with E-state index in [2.05, 4.69) is 0 Å². The molecule has 0 aromatic heterocycles. The van der Waals surface area contributed by atoms with E-state index in [1.54, 1.807) is 61.5 Å². The fourth-order valence-corrected chi connectivity index (χ4v) is 2.95. The van der Waals surface area contributed by atoms with Gasteiger partial charge in [0.25, 0.3) is 0 Å². The molecule has 0 radical (unpaired) electrons. The molecule has 0 fully saturated rings. The summed E-state index contributed by atoms with van der Waals surface area (Å²) < 4.78 is 0. The number of rotatable bonds is 3. The van der Waals surface area contributed by atoms with Crippen LogP contribution in [0.2, 0.25) is 5.02 Å². The number of ketones is 1. The Morgan fingerprint density at radius 3 is 2.00 bits per heavy atom. The molecule has 0 amide bonds. The maximum atomic E-state index is 12.9. The Balaban J connectivity index is 2.26. The highest BCUT2D eigenvalue weighted by atomic mass is 35.5. The molecule has 0 saturated carbocycles. The van der Waals surface area contributed by atoms with Crippen molar-refractivity contribution in [2.24, 2.45) is 0 Å². The number of aromatic carboxylic acids is 1. The van der Waals surface area contributed by atoms with E-state index >= 15 is 0 Å². The summed E-state index contributed by atoms with van der Waals surface area (Å²) in [5.41, 5.74) is 2.78. The number of fused-ring (bicyclic) bond motifs is 1. The minimum atomic E-state index is -1.03. The Hall–Kier alpha value is -2.65. The van der Waals surface area contributed by atoms with E-state index in [1.165, 1.54) is 0 Å². The Morgan fingerprint density at radius 2 is 1.43 bits per heavy atom. The Morgan fingerprint density at radius 1 is 0.870 bits per heavy atom. The molecule has 0 saturated heterocycles. The lowest BCUT2D eigenvalue weighted by molar-refractivity contribution is 0.0697. The third-order valence-corrected chi connectivity index (χ3v) is 4.13. The molecule has 0 unspecified atom stereocenters. The number of hydrogen-bond donors (Lipinski definition) is 1. The molecule has 2 aliphatic carbocycles. The van der Waals surface area contributed by atoms with Gasteiger partial charge in [0, 0.05) is 16.1 Å². The van der Waals surface area contributed by atoms with Crippen LogP contribution < -0.4 is 0 Å². The molecule has 0 aliphatic heterocycles. The third kappa shape index (κ3) is 2.60. The van der Waals surface area contributed by atoms with Gasteiger partial charge in [-0.2, -0.15) is 0 Å². The molecule has 114 valence electrons. The third-order valence-electron chi connectivity index (χ3n) is 3.87. The van der Waals surface area contributed by atoms with Gasteiger partial charge in [-0.15, -0.1) is 0 Å². The molecular weight excluding hydrogens is 312 g/mol. The first-order valence-electron chi connectivity index (χ1n) is 7.05. The summed E-state index contributed by atoms with van der Waals surface area (Å²) in [6.07, 6.45) is 0. The minimum absolute atomic E-state index is 0.175. The first kappa shape index (κ1) is 15.3. The zero-order valence-electron chi connectivity index (χ0n) is 12.3. The maximum absolute atomic E-state index is 12.9. The van der Waals surface area contributed by atoms with Crippen LogP contribution >= 0.6 is 11.6 Å². The van der Waals surface area contributed by atoms with Crippen LogP contribution in [0.5, 0.6) is 0 Å². The van der Waals surface area contributed by atoms with Crippen molar-refractivity contribution in [3.05, 3.63) is 81.9 Å². The molecule has 2 aliphatic rings. The topological polar surface area (TPSA) is 54.4 Å². The van der Waals surface area contributed by atoms with Crippen molar-refractivity contribution in [1.29, 1.82) is 0 Å². The second-order valence-electron chi connectivity index (χ2n) is 5.25. The van der Waals surface area contributed by atoms with Crippen molar-refractivity contribution in [1.82, 2.24) is 0 Å². The Bertz CT molecular complexity index is 882. The van der Waals surface area contributed by atoms with Crippen molar-refractivity contribution in [2.45, 2.75) is 6.92 Å².